The molecule has 1 aliphatic rings. The fourth-order valence-corrected chi connectivity index (χ4v) is 5.87. The van der Waals surface area contributed by atoms with Gasteiger partial charge in [-0.05, 0) is 60.3 Å². The first-order chi connectivity index (χ1) is 10.3. The Morgan fingerprint density at radius 3 is 2.68 bits per heavy atom. The van der Waals surface area contributed by atoms with Gasteiger partial charge < -0.3 is 18.7 Å². The Kier molecular flexibility index (Phi) is 5.90. The zero-order chi connectivity index (χ0) is 16.5. The molecule has 1 aromatic rings. The molecule has 0 fully saturated rings. The number of fused-ring (bicyclic) bond motifs is 1. The van der Waals surface area contributed by atoms with Gasteiger partial charge in [0, 0.05) is 34.3 Å². The summed E-state index contributed by atoms with van der Waals surface area (Å²) in [6, 6.07) is 5.98. The molecule has 3 nitrogen and oxygen atoms in total. The summed E-state index contributed by atoms with van der Waals surface area (Å²) in [5.74, 6) is 0.811. The van der Waals surface area contributed by atoms with Crippen LogP contribution in [0.3, 0.4) is 0 Å². The van der Waals surface area contributed by atoms with Gasteiger partial charge in [0.05, 0.1) is 6.10 Å². The highest BCUT2D eigenvalue weighted by molar-refractivity contribution is 14.1. The van der Waals surface area contributed by atoms with E-state index in [2.05, 4.69) is 28.7 Å². The smallest absolute Gasteiger partial charge is 0.247 e. The largest absolute Gasteiger partial charge is 0.490 e. The van der Waals surface area contributed by atoms with E-state index in [-0.39, 0.29) is 30.3 Å². The summed E-state index contributed by atoms with van der Waals surface area (Å²) in [6.45, 7) is 5.41. The lowest BCUT2D eigenvalue weighted by molar-refractivity contribution is -0.0251. The van der Waals surface area contributed by atoms with Crippen molar-refractivity contribution in [2.45, 2.75) is 44.2 Å². The standard InChI is InChI=1S/C16H24FIO3Si/c1-10-15(20-2)12-9-11(18)5-6-13(12)21-16(10)14(7-8-19)22(3,4)17/h5-6,9-10,14-16,19H,7-8H2,1-4H3/t10-,14?,15-,16-/m1/s1. The fraction of sp³-hybridized carbons (Fsp3) is 0.625. The predicted molar refractivity (Wildman–Crippen MR) is 96.5 cm³/mol. The summed E-state index contributed by atoms with van der Waals surface area (Å²) < 4.78 is 27.8. The second-order valence-corrected chi connectivity index (χ2v) is 11.6. The van der Waals surface area contributed by atoms with Gasteiger partial charge in [0.1, 0.15) is 11.9 Å². The van der Waals surface area contributed by atoms with Crippen LogP contribution in [0.25, 0.3) is 0 Å². The van der Waals surface area contributed by atoms with E-state index >= 15 is 0 Å². The van der Waals surface area contributed by atoms with Crippen LogP contribution in [0.5, 0.6) is 5.75 Å². The molecule has 1 N–H and O–H groups in total. The molecule has 0 spiro atoms. The van der Waals surface area contributed by atoms with E-state index in [9.17, 15) is 9.21 Å². The lowest BCUT2D eigenvalue weighted by atomic mass is 9.86. The van der Waals surface area contributed by atoms with E-state index in [0.717, 1.165) is 14.9 Å². The van der Waals surface area contributed by atoms with Crippen molar-refractivity contribution in [3.05, 3.63) is 27.3 Å². The van der Waals surface area contributed by atoms with Crippen molar-refractivity contribution in [1.82, 2.24) is 0 Å². The van der Waals surface area contributed by atoms with Crippen molar-refractivity contribution in [2.24, 2.45) is 5.92 Å². The molecule has 1 aromatic carbocycles. The second-order valence-electron chi connectivity index (χ2n) is 6.46. The topological polar surface area (TPSA) is 38.7 Å². The Bertz CT molecular complexity index is 521. The van der Waals surface area contributed by atoms with Crippen LogP contribution in [0, 0.1) is 9.49 Å². The molecule has 0 aliphatic carbocycles. The van der Waals surface area contributed by atoms with Crippen molar-refractivity contribution in [3.63, 3.8) is 0 Å². The Hall–Kier alpha value is -0.183. The first kappa shape index (κ1) is 18.2. The first-order valence-corrected chi connectivity index (χ1v) is 11.6. The van der Waals surface area contributed by atoms with Crippen LogP contribution in [-0.4, -0.2) is 33.3 Å². The van der Waals surface area contributed by atoms with Crippen molar-refractivity contribution >= 4 is 31.0 Å². The summed E-state index contributed by atoms with van der Waals surface area (Å²) in [6.07, 6.45) is 0.0539. The number of hydrogen-bond acceptors (Lipinski definition) is 3. The van der Waals surface area contributed by atoms with E-state index in [0.29, 0.717) is 6.42 Å². The third-order valence-electron chi connectivity index (χ3n) is 4.51. The van der Waals surface area contributed by atoms with Gasteiger partial charge in [-0.25, -0.2) is 0 Å². The summed E-state index contributed by atoms with van der Waals surface area (Å²) in [5, 5.41) is 9.34. The van der Waals surface area contributed by atoms with Gasteiger partial charge >= 0.3 is 0 Å². The van der Waals surface area contributed by atoms with Gasteiger partial charge in [0.2, 0.25) is 8.41 Å². The minimum absolute atomic E-state index is 0.0191. The summed E-state index contributed by atoms with van der Waals surface area (Å²) in [7, 11) is -1.27. The van der Waals surface area contributed by atoms with E-state index in [4.69, 9.17) is 9.47 Å². The maximum absolute atomic E-state index is 14.8. The predicted octanol–water partition coefficient (Wildman–Crippen LogP) is 4.30. The lowest BCUT2D eigenvalue weighted by Crippen LogP contribution is -2.46. The van der Waals surface area contributed by atoms with Gasteiger partial charge in [0.25, 0.3) is 0 Å². The first-order valence-electron chi connectivity index (χ1n) is 7.58. The number of benzene rings is 1. The molecule has 0 amide bonds. The van der Waals surface area contributed by atoms with Crippen LogP contribution in [-0.2, 0) is 4.74 Å². The van der Waals surface area contributed by atoms with Crippen LogP contribution < -0.4 is 4.74 Å². The highest BCUT2D eigenvalue weighted by atomic mass is 127. The molecule has 22 heavy (non-hydrogen) atoms. The zero-order valence-electron chi connectivity index (χ0n) is 13.5. The molecule has 6 heteroatoms. The third-order valence-corrected chi connectivity index (χ3v) is 7.56. The Labute approximate surface area is 146 Å². The van der Waals surface area contributed by atoms with Gasteiger partial charge in [0.15, 0.2) is 0 Å². The molecule has 2 rings (SSSR count). The van der Waals surface area contributed by atoms with Crippen LogP contribution in [0.1, 0.15) is 25.0 Å². The third kappa shape index (κ3) is 3.65. The van der Waals surface area contributed by atoms with E-state index in [1.54, 1.807) is 20.2 Å². The Morgan fingerprint density at radius 1 is 1.45 bits per heavy atom. The Morgan fingerprint density at radius 2 is 2.14 bits per heavy atom. The number of methoxy groups -OCH3 is 1. The number of halogens is 2. The second kappa shape index (κ2) is 7.15. The molecule has 0 bridgehead atoms. The average Bonchev–Trinajstić information content (AvgIpc) is 2.43. The number of ether oxygens (including phenoxy) is 2. The highest BCUT2D eigenvalue weighted by Crippen LogP contribution is 2.47. The molecule has 124 valence electrons. The molecule has 4 atom stereocenters. The summed E-state index contributed by atoms with van der Waals surface area (Å²) in [5.41, 5.74) is 0.775. The normalized spacial score (nSPS) is 26.2. The van der Waals surface area contributed by atoms with Crippen molar-refractivity contribution in [2.75, 3.05) is 13.7 Å². The van der Waals surface area contributed by atoms with Gasteiger partial charge in [-0.1, -0.05) is 6.92 Å². The summed E-state index contributed by atoms with van der Waals surface area (Å²) >= 11 is 2.27. The van der Waals surface area contributed by atoms with Crippen molar-refractivity contribution in [1.29, 1.82) is 0 Å². The van der Waals surface area contributed by atoms with Gasteiger partial charge in [-0.3, -0.25) is 0 Å². The van der Waals surface area contributed by atoms with Crippen LogP contribution in [0.2, 0.25) is 18.6 Å². The minimum Gasteiger partial charge on any atom is -0.490 e. The highest BCUT2D eigenvalue weighted by Gasteiger charge is 2.47. The molecule has 0 radical (unpaired) electrons. The molecule has 1 heterocycles. The molecule has 0 saturated carbocycles. The zero-order valence-corrected chi connectivity index (χ0v) is 16.6. The number of aliphatic hydroxyl groups is 1. The number of aliphatic hydroxyl groups excluding tert-OH is 1. The molecule has 0 saturated heterocycles. The van der Waals surface area contributed by atoms with Crippen molar-refractivity contribution < 1.29 is 18.7 Å². The number of rotatable bonds is 5. The van der Waals surface area contributed by atoms with E-state index in [1.807, 2.05) is 19.1 Å². The van der Waals surface area contributed by atoms with Gasteiger partial charge in [-0.15, -0.1) is 0 Å². The monoisotopic (exact) mass is 438 g/mol. The Balaban J connectivity index is 2.41. The summed E-state index contributed by atoms with van der Waals surface area (Å²) in [4.78, 5) is 0. The maximum atomic E-state index is 14.8. The van der Waals surface area contributed by atoms with Crippen molar-refractivity contribution in [3.8, 4) is 5.75 Å². The molecular weight excluding hydrogens is 414 g/mol. The van der Waals surface area contributed by atoms with E-state index < -0.39 is 8.41 Å². The molecular formula is C16H24FIO3Si. The minimum atomic E-state index is -2.95. The van der Waals surface area contributed by atoms with Crippen LogP contribution in [0.15, 0.2) is 18.2 Å². The SMILES string of the molecule is CO[C@H]1c2cc(I)ccc2O[C@@H](C(CCO)[Si](C)(C)F)[C@@H]1C. The van der Waals surface area contributed by atoms with Gasteiger partial charge in [-0.2, -0.15) is 0 Å². The molecule has 0 aromatic heterocycles. The fourth-order valence-electron chi connectivity index (χ4n) is 3.39. The molecule has 1 aliphatic heterocycles. The lowest BCUT2D eigenvalue weighted by Gasteiger charge is -2.43. The molecule has 1 unspecified atom stereocenters. The number of hydrogen-bond donors (Lipinski definition) is 1. The average molecular weight is 438 g/mol. The van der Waals surface area contributed by atoms with Crippen LogP contribution in [0.4, 0.5) is 4.11 Å². The van der Waals surface area contributed by atoms with Crippen LogP contribution >= 0.6 is 22.6 Å². The quantitative estimate of drug-likeness (QED) is 0.423. The maximum Gasteiger partial charge on any atom is 0.247 e. The van der Waals surface area contributed by atoms with E-state index in [1.165, 1.54) is 0 Å².